The van der Waals surface area contributed by atoms with E-state index in [9.17, 15) is 0 Å². The third-order valence-electron chi connectivity index (χ3n) is 0.670. The first-order valence-electron chi connectivity index (χ1n) is 2.16. The van der Waals surface area contributed by atoms with Gasteiger partial charge in [-0.15, -0.1) is 5.10 Å². The molecule has 46 valence electrons. The number of anilines is 2. The van der Waals surface area contributed by atoms with Crippen molar-refractivity contribution < 1.29 is 0 Å². The van der Waals surface area contributed by atoms with E-state index in [4.69, 9.17) is 11.0 Å². The van der Waals surface area contributed by atoms with Gasteiger partial charge < -0.3 is 5.73 Å². The van der Waals surface area contributed by atoms with Crippen LogP contribution in [0.4, 0.5) is 11.9 Å². The third-order valence-corrected chi connectivity index (χ3v) is 0.670. The molecule has 1 rings (SSSR count). The first-order valence-corrected chi connectivity index (χ1v) is 2.16. The van der Waals surface area contributed by atoms with Gasteiger partial charge in [0, 0.05) is 0 Å². The van der Waals surface area contributed by atoms with Crippen molar-refractivity contribution in [2.75, 3.05) is 11.1 Å². The Kier molecular flexibility index (Phi) is 1.19. The molecule has 9 heavy (non-hydrogen) atoms. The van der Waals surface area contributed by atoms with Crippen LogP contribution in [0.3, 0.4) is 0 Å². The van der Waals surface area contributed by atoms with Crippen molar-refractivity contribution in [3.05, 3.63) is 0 Å². The first kappa shape index (κ1) is 5.37. The van der Waals surface area contributed by atoms with E-state index in [-0.39, 0.29) is 11.9 Å². The minimum absolute atomic E-state index is 0.188. The van der Waals surface area contributed by atoms with E-state index in [2.05, 4.69) is 20.5 Å². The molecule has 0 radical (unpaired) electrons. The van der Waals surface area contributed by atoms with Gasteiger partial charge in [-0.1, -0.05) is 0 Å². The van der Waals surface area contributed by atoms with Crippen molar-refractivity contribution >= 4 is 11.9 Å². The van der Waals surface area contributed by atoms with Crippen molar-refractivity contribution in [2.45, 2.75) is 0 Å². The van der Waals surface area contributed by atoms with Crippen LogP contribution >= 0.6 is 0 Å². The Morgan fingerprint density at radius 1 is 1.78 bits per heavy atom. The van der Waals surface area contributed by atoms with Crippen molar-refractivity contribution in [2.24, 2.45) is 0 Å². The Hall–Kier alpha value is -1.77. The zero-order valence-corrected chi connectivity index (χ0v) is 4.42. The number of hydrogen-bond acceptors (Lipinski definition) is 5. The van der Waals surface area contributed by atoms with Crippen molar-refractivity contribution in [1.82, 2.24) is 15.2 Å². The van der Waals surface area contributed by atoms with Gasteiger partial charge in [-0.25, -0.2) is 5.10 Å². The van der Waals surface area contributed by atoms with Crippen molar-refractivity contribution in [1.29, 1.82) is 5.26 Å². The fourth-order valence-corrected chi connectivity index (χ4v) is 0.380. The lowest BCUT2D eigenvalue weighted by Gasteiger charge is -1.79. The summed E-state index contributed by atoms with van der Waals surface area (Å²) in [5.74, 6) is 0.378. The van der Waals surface area contributed by atoms with Crippen LogP contribution in [0.2, 0.25) is 0 Å². The fourth-order valence-electron chi connectivity index (χ4n) is 0.380. The molecule has 0 unspecified atom stereocenters. The second-order valence-electron chi connectivity index (χ2n) is 1.28. The normalized spacial score (nSPS) is 8.33. The Bertz CT molecular complexity index is 231. The van der Waals surface area contributed by atoms with Gasteiger partial charge in [0.15, 0.2) is 6.19 Å². The molecule has 0 saturated carbocycles. The minimum Gasteiger partial charge on any atom is -0.368 e. The largest absolute Gasteiger partial charge is 0.368 e. The molecule has 0 bridgehead atoms. The summed E-state index contributed by atoms with van der Waals surface area (Å²) in [5.41, 5.74) is 5.13. The Labute approximate surface area is 50.7 Å². The Balaban J connectivity index is 2.76. The van der Waals surface area contributed by atoms with Crippen LogP contribution in [-0.4, -0.2) is 15.2 Å². The van der Waals surface area contributed by atoms with Crippen LogP contribution in [0.1, 0.15) is 0 Å². The molecule has 0 amide bonds. The van der Waals surface area contributed by atoms with Gasteiger partial charge in [-0.3, -0.25) is 5.32 Å². The number of aromatic amines is 1. The second-order valence-corrected chi connectivity index (χ2v) is 1.28. The summed E-state index contributed by atoms with van der Waals surface area (Å²) in [7, 11) is 0. The standard InChI is InChI=1S/C3H4N6/c4-1-6-3-7-2(5)8-9-3/h(H4,5,6,7,8,9). The van der Waals surface area contributed by atoms with Gasteiger partial charge in [-0.2, -0.15) is 10.2 Å². The highest BCUT2D eigenvalue weighted by atomic mass is 15.3. The number of nitriles is 1. The number of rotatable bonds is 1. The number of nitrogens with two attached hydrogens (primary N) is 1. The summed E-state index contributed by atoms with van der Waals surface area (Å²) in [6.07, 6.45) is 1.65. The van der Waals surface area contributed by atoms with Crippen LogP contribution < -0.4 is 11.1 Å². The van der Waals surface area contributed by atoms with Gasteiger partial charge in [0.1, 0.15) is 0 Å². The zero-order chi connectivity index (χ0) is 6.69. The van der Waals surface area contributed by atoms with E-state index in [0.717, 1.165) is 0 Å². The smallest absolute Gasteiger partial charge is 0.256 e. The fraction of sp³-hybridized carbons (Fsp3) is 0. The molecule has 0 atom stereocenters. The van der Waals surface area contributed by atoms with Crippen LogP contribution in [0.5, 0.6) is 0 Å². The van der Waals surface area contributed by atoms with Gasteiger partial charge in [0.2, 0.25) is 5.95 Å². The summed E-state index contributed by atoms with van der Waals surface area (Å²) in [6, 6.07) is 0. The summed E-state index contributed by atoms with van der Waals surface area (Å²) < 4.78 is 0. The summed E-state index contributed by atoms with van der Waals surface area (Å²) in [6.45, 7) is 0. The lowest BCUT2D eigenvalue weighted by atomic mass is 11.0. The molecule has 1 aromatic heterocycles. The topological polar surface area (TPSA) is 103 Å². The average molecular weight is 124 g/mol. The maximum absolute atomic E-state index is 8.03. The molecule has 4 N–H and O–H groups in total. The number of nitrogen functional groups attached to an aromatic ring is 1. The summed E-state index contributed by atoms with van der Waals surface area (Å²) in [5, 5.41) is 16.1. The number of H-pyrrole nitrogens is 1. The molecule has 0 spiro atoms. The van der Waals surface area contributed by atoms with E-state index in [0.29, 0.717) is 0 Å². The molecule has 1 heterocycles. The van der Waals surface area contributed by atoms with Gasteiger partial charge in [0.05, 0.1) is 0 Å². The zero-order valence-electron chi connectivity index (χ0n) is 4.42. The highest BCUT2D eigenvalue weighted by Crippen LogP contribution is 1.95. The predicted octanol–water partition coefficient (Wildman–Crippen LogP) is -0.720. The van der Waals surface area contributed by atoms with E-state index in [1.165, 1.54) is 0 Å². The molecule has 0 aliphatic carbocycles. The van der Waals surface area contributed by atoms with E-state index < -0.39 is 0 Å². The Morgan fingerprint density at radius 3 is 3.00 bits per heavy atom. The highest BCUT2D eigenvalue weighted by Gasteiger charge is 1.94. The first-order chi connectivity index (χ1) is 4.33. The lowest BCUT2D eigenvalue weighted by Crippen LogP contribution is -1.89. The molecule has 0 aromatic carbocycles. The number of aromatic nitrogens is 3. The summed E-state index contributed by atoms with van der Waals surface area (Å²) in [4.78, 5) is 3.58. The molecule has 0 aliphatic heterocycles. The monoisotopic (exact) mass is 124 g/mol. The summed E-state index contributed by atoms with van der Waals surface area (Å²) >= 11 is 0. The number of nitrogens with zero attached hydrogens (tertiary/aromatic N) is 3. The maximum Gasteiger partial charge on any atom is 0.256 e. The number of nitrogens with one attached hydrogen (secondary N) is 2. The molecule has 0 fully saturated rings. The van der Waals surface area contributed by atoms with Crippen molar-refractivity contribution in [3.8, 4) is 6.19 Å². The lowest BCUT2D eigenvalue weighted by molar-refractivity contribution is 1.10. The maximum atomic E-state index is 8.03. The average Bonchev–Trinajstić information content (AvgIpc) is 2.17. The van der Waals surface area contributed by atoms with E-state index >= 15 is 0 Å². The van der Waals surface area contributed by atoms with Gasteiger partial charge >= 0.3 is 0 Å². The quantitative estimate of drug-likeness (QED) is 0.338. The van der Waals surface area contributed by atoms with Gasteiger partial charge in [-0.05, 0) is 0 Å². The molecule has 0 saturated heterocycles. The van der Waals surface area contributed by atoms with Crippen LogP contribution in [0.15, 0.2) is 0 Å². The van der Waals surface area contributed by atoms with Crippen molar-refractivity contribution in [3.63, 3.8) is 0 Å². The van der Waals surface area contributed by atoms with Crippen LogP contribution in [0.25, 0.3) is 0 Å². The molecular weight excluding hydrogens is 120 g/mol. The molecule has 6 heteroatoms. The third kappa shape index (κ3) is 1.07. The SMILES string of the molecule is N#CNc1n[nH]c(N)n1. The molecule has 1 aromatic rings. The van der Waals surface area contributed by atoms with Crippen LogP contribution in [0, 0.1) is 11.5 Å². The van der Waals surface area contributed by atoms with Gasteiger partial charge in [0.25, 0.3) is 5.95 Å². The molecular formula is C3H4N6. The minimum atomic E-state index is 0.188. The highest BCUT2D eigenvalue weighted by molar-refractivity contribution is 5.33. The second kappa shape index (κ2) is 2.00. The number of hydrogen-bond donors (Lipinski definition) is 3. The van der Waals surface area contributed by atoms with E-state index in [1.807, 2.05) is 0 Å². The van der Waals surface area contributed by atoms with Crippen LogP contribution in [-0.2, 0) is 0 Å². The molecule has 6 nitrogen and oxygen atoms in total. The van der Waals surface area contributed by atoms with E-state index in [1.54, 1.807) is 6.19 Å². The molecule has 0 aliphatic rings. The predicted molar refractivity (Wildman–Crippen MR) is 30.0 cm³/mol. The Morgan fingerprint density at radius 2 is 2.56 bits per heavy atom.